The zero-order chi connectivity index (χ0) is 8.72. The third-order valence-electron chi connectivity index (χ3n) is 1.69. The van der Waals surface area contributed by atoms with Crippen LogP contribution >= 0.6 is 23.2 Å². The fourth-order valence-electron chi connectivity index (χ4n) is 0.978. The van der Waals surface area contributed by atoms with Crippen molar-refractivity contribution in [3.8, 4) is 0 Å². The molecule has 0 radical (unpaired) electrons. The van der Waals surface area contributed by atoms with E-state index in [4.69, 9.17) is 23.2 Å². The lowest BCUT2D eigenvalue weighted by molar-refractivity contribution is 0.958. The Morgan fingerprint density at radius 1 is 1.42 bits per heavy atom. The minimum Gasteiger partial charge on any atom is -0.218 e. The van der Waals surface area contributed by atoms with Crippen molar-refractivity contribution in [2.45, 2.75) is 6.92 Å². The number of pyridine rings is 1. The lowest BCUT2D eigenvalue weighted by atomic mass is 10.3. The zero-order valence-corrected chi connectivity index (χ0v) is 7.76. The Bertz CT molecular complexity index is 435. The highest BCUT2D eigenvalue weighted by molar-refractivity contribution is 6.37. The van der Waals surface area contributed by atoms with Crippen LogP contribution in [0.3, 0.4) is 0 Å². The quantitative estimate of drug-likeness (QED) is 0.656. The van der Waals surface area contributed by atoms with Gasteiger partial charge in [0.05, 0.1) is 10.0 Å². The summed E-state index contributed by atoms with van der Waals surface area (Å²) in [5.74, 6) is 0. The number of hydrogen-bond acceptors (Lipinski definition) is 2. The van der Waals surface area contributed by atoms with Crippen LogP contribution in [0.2, 0.25) is 10.0 Å². The van der Waals surface area contributed by atoms with Crippen molar-refractivity contribution in [3.63, 3.8) is 0 Å². The first-order valence-electron chi connectivity index (χ1n) is 3.34. The Balaban J connectivity index is 2.94. The van der Waals surface area contributed by atoms with Crippen LogP contribution < -0.4 is 0 Å². The number of nitrogens with zero attached hydrogens (tertiary/aromatic N) is 3. The molecule has 0 spiro atoms. The molecule has 3 nitrogen and oxygen atoms in total. The molecule has 0 amide bonds. The van der Waals surface area contributed by atoms with Gasteiger partial charge in [0.2, 0.25) is 0 Å². The minimum absolute atomic E-state index is 0.556. The Labute approximate surface area is 78.9 Å². The van der Waals surface area contributed by atoms with Crippen molar-refractivity contribution in [3.05, 3.63) is 28.1 Å². The van der Waals surface area contributed by atoms with Gasteiger partial charge in [-0.1, -0.05) is 23.2 Å². The average molecular weight is 202 g/mol. The van der Waals surface area contributed by atoms with Crippen molar-refractivity contribution in [2.75, 3.05) is 0 Å². The van der Waals surface area contributed by atoms with Crippen molar-refractivity contribution in [1.82, 2.24) is 14.6 Å². The summed E-state index contributed by atoms with van der Waals surface area (Å²) in [5.41, 5.74) is 1.47. The van der Waals surface area contributed by atoms with Crippen LogP contribution in [0.15, 0.2) is 12.5 Å². The van der Waals surface area contributed by atoms with E-state index in [0.29, 0.717) is 15.7 Å². The minimum atomic E-state index is 0.556. The van der Waals surface area contributed by atoms with Crippen LogP contribution in [0.5, 0.6) is 0 Å². The summed E-state index contributed by atoms with van der Waals surface area (Å²) in [5, 5.41) is 5.07. The first-order chi connectivity index (χ1) is 5.70. The van der Waals surface area contributed by atoms with E-state index in [1.807, 2.05) is 6.92 Å². The molecule has 0 bridgehead atoms. The predicted molar refractivity (Wildman–Crippen MR) is 47.7 cm³/mol. The van der Waals surface area contributed by atoms with Gasteiger partial charge in [-0.3, -0.25) is 0 Å². The van der Waals surface area contributed by atoms with Gasteiger partial charge in [-0.25, -0.2) is 9.50 Å². The highest BCUT2D eigenvalue weighted by Gasteiger charge is 2.07. The lowest BCUT2D eigenvalue weighted by Gasteiger charge is -2.01. The molecule has 2 rings (SSSR count). The van der Waals surface area contributed by atoms with Gasteiger partial charge in [0.15, 0.2) is 5.65 Å². The smallest absolute Gasteiger partial charge is 0.174 e. The van der Waals surface area contributed by atoms with Gasteiger partial charge in [-0.2, -0.15) is 5.10 Å². The lowest BCUT2D eigenvalue weighted by Crippen LogP contribution is -1.90. The number of aromatic nitrogens is 3. The maximum Gasteiger partial charge on any atom is 0.174 e. The summed E-state index contributed by atoms with van der Waals surface area (Å²) in [6.07, 6.45) is 3.13. The summed E-state index contributed by atoms with van der Waals surface area (Å²) in [6, 6.07) is 0. The maximum atomic E-state index is 5.96. The second-order valence-electron chi connectivity index (χ2n) is 2.44. The second-order valence-corrected chi connectivity index (χ2v) is 3.23. The molecule has 2 heterocycles. The van der Waals surface area contributed by atoms with Crippen LogP contribution in [0, 0.1) is 6.92 Å². The number of rotatable bonds is 0. The van der Waals surface area contributed by atoms with E-state index in [9.17, 15) is 0 Å². The highest BCUT2D eigenvalue weighted by atomic mass is 35.5. The Kier molecular flexibility index (Phi) is 1.70. The molecule has 2 aromatic heterocycles. The molecule has 0 aliphatic rings. The third-order valence-corrected chi connectivity index (χ3v) is 2.53. The second kappa shape index (κ2) is 2.61. The van der Waals surface area contributed by atoms with Crippen molar-refractivity contribution in [1.29, 1.82) is 0 Å². The highest BCUT2D eigenvalue weighted by Crippen LogP contribution is 2.25. The van der Waals surface area contributed by atoms with Crippen LogP contribution in [-0.2, 0) is 0 Å². The van der Waals surface area contributed by atoms with E-state index in [0.717, 1.165) is 5.56 Å². The standard InChI is InChI=1S/C7H5Cl2N3/c1-4-5(8)2-12-7(6(4)9)10-3-11-12/h2-3H,1H3. The van der Waals surface area contributed by atoms with Crippen molar-refractivity contribution < 1.29 is 0 Å². The molecule has 0 atom stereocenters. The number of fused-ring (bicyclic) bond motifs is 1. The van der Waals surface area contributed by atoms with Crippen molar-refractivity contribution in [2.24, 2.45) is 0 Å². The first-order valence-corrected chi connectivity index (χ1v) is 4.09. The summed E-state index contributed by atoms with van der Waals surface area (Å²) in [7, 11) is 0. The molecule has 0 saturated heterocycles. The molecule has 0 N–H and O–H groups in total. The molecular formula is C7H5Cl2N3. The number of halogens is 2. The predicted octanol–water partition coefficient (Wildman–Crippen LogP) is 2.34. The van der Waals surface area contributed by atoms with Crippen LogP contribution in [-0.4, -0.2) is 14.6 Å². The summed E-state index contributed by atoms with van der Waals surface area (Å²) >= 11 is 11.8. The average Bonchev–Trinajstić information content (AvgIpc) is 2.48. The summed E-state index contributed by atoms with van der Waals surface area (Å²) in [4.78, 5) is 3.98. The van der Waals surface area contributed by atoms with Crippen LogP contribution in [0.1, 0.15) is 5.56 Å². The number of hydrogen-bond donors (Lipinski definition) is 0. The van der Waals surface area contributed by atoms with E-state index < -0.39 is 0 Å². The summed E-state index contributed by atoms with van der Waals surface area (Å²) in [6.45, 7) is 1.85. The Morgan fingerprint density at radius 3 is 2.92 bits per heavy atom. The van der Waals surface area contributed by atoms with Gasteiger partial charge >= 0.3 is 0 Å². The Morgan fingerprint density at radius 2 is 2.17 bits per heavy atom. The molecule has 0 aromatic carbocycles. The van der Waals surface area contributed by atoms with Gasteiger partial charge in [-0.15, -0.1) is 0 Å². The molecule has 0 unspecified atom stereocenters. The van der Waals surface area contributed by atoms with Gasteiger partial charge in [0.25, 0.3) is 0 Å². The topological polar surface area (TPSA) is 30.2 Å². The molecule has 5 heteroatoms. The van der Waals surface area contributed by atoms with Gasteiger partial charge in [-0.05, 0) is 12.5 Å². The van der Waals surface area contributed by atoms with Crippen LogP contribution in [0.25, 0.3) is 5.65 Å². The third kappa shape index (κ3) is 0.974. The Hall–Kier alpha value is -0.800. The van der Waals surface area contributed by atoms with E-state index in [2.05, 4.69) is 10.1 Å². The monoisotopic (exact) mass is 201 g/mol. The molecule has 62 valence electrons. The van der Waals surface area contributed by atoms with Crippen LogP contribution in [0.4, 0.5) is 0 Å². The zero-order valence-electron chi connectivity index (χ0n) is 6.25. The maximum absolute atomic E-state index is 5.96. The molecule has 2 aromatic rings. The van der Waals surface area contributed by atoms with E-state index in [-0.39, 0.29) is 0 Å². The normalized spacial score (nSPS) is 10.9. The van der Waals surface area contributed by atoms with E-state index >= 15 is 0 Å². The molecule has 0 fully saturated rings. The first kappa shape index (κ1) is 7.83. The van der Waals surface area contributed by atoms with Crippen molar-refractivity contribution >= 4 is 28.8 Å². The molecule has 0 aliphatic heterocycles. The molecule has 0 aliphatic carbocycles. The summed E-state index contributed by atoms with van der Waals surface area (Å²) < 4.78 is 1.55. The SMILES string of the molecule is Cc1c(Cl)cn2ncnc2c1Cl. The fourth-order valence-corrected chi connectivity index (χ4v) is 1.45. The molecule has 0 saturated carbocycles. The van der Waals surface area contributed by atoms with Gasteiger partial charge in [0, 0.05) is 6.20 Å². The molecule has 12 heavy (non-hydrogen) atoms. The van der Waals surface area contributed by atoms with Gasteiger partial charge < -0.3 is 0 Å². The van der Waals surface area contributed by atoms with Gasteiger partial charge in [0.1, 0.15) is 6.33 Å². The molecular weight excluding hydrogens is 197 g/mol. The van der Waals surface area contributed by atoms with E-state index in [1.165, 1.54) is 6.33 Å². The largest absolute Gasteiger partial charge is 0.218 e. The fraction of sp³-hybridized carbons (Fsp3) is 0.143. The van der Waals surface area contributed by atoms with E-state index in [1.54, 1.807) is 10.7 Å².